The zero-order chi connectivity index (χ0) is 28.2. The number of nitrogens with one attached hydrogen (secondary N) is 1. The number of aliphatic hydroxyl groups is 1. The Morgan fingerprint density at radius 2 is 1.67 bits per heavy atom. The highest BCUT2D eigenvalue weighted by Gasteiger charge is 2.40. The maximum Gasteiger partial charge on any atom is 0.416 e. The summed E-state index contributed by atoms with van der Waals surface area (Å²) >= 11 is 5.90. The number of carbonyl (C=O) groups is 1. The van der Waals surface area contributed by atoms with Crippen LogP contribution in [-0.4, -0.2) is 56.4 Å². The number of hydrogen-bond acceptors (Lipinski definition) is 5. The molecule has 2 amide bonds. The fraction of sp³-hybridized carbons (Fsp3) is 0.269. The fourth-order valence-corrected chi connectivity index (χ4v) is 5.26. The van der Waals surface area contributed by atoms with Crippen molar-refractivity contribution in [1.82, 2.24) is 9.62 Å². The predicted molar refractivity (Wildman–Crippen MR) is 140 cm³/mol. The topological polar surface area (TPSA) is 99.2 Å². The van der Waals surface area contributed by atoms with Crippen LogP contribution in [0.15, 0.2) is 72.8 Å². The van der Waals surface area contributed by atoms with Crippen LogP contribution in [0.25, 0.3) is 0 Å². The third-order valence-corrected chi connectivity index (χ3v) is 7.62. The van der Waals surface area contributed by atoms with Gasteiger partial charge < -0.3 is 14.7 Å². The van der Waals surface area contributed by atoms with E-state index in [1.165, 1.54) is 21.9 Å². The molecule has 1 aliphatic heterocycles. The molecular weight excluding hydrogens is 559 g/mol. The van der Waals surface area contributed by atoms with E-state index in [1.807, 2.05) is 0 Å². The van der Waals surface area contributed by atoms with Gasteiger partial charge in [0.05, 0.1) is 24.0 Å². The second-order valence-corrected chi connectivity index (χ2v) is 11.1. The highest BCUT2D eigenvalue weighted by atomic mass is 35.5. The van der Waals surface area contributed by atoms with Gasteiger partial charge in [-0.3, -0.25) is 4.90 Å². The van der Waals surface area contributed by atoms with Gasteiger partial charge in [0.1, 0.15) is 11.5 Å². The van der Waals surface area contributed by atoms with Crippen LogP contribution in [0.1, 0.15) is 17.2 Å². The molecule has 0 aromatic heterocycles. The number of carbonyl (C=O) groups excluding carboxylic acids is 1. The van der Waals surface area contributed by atoms with E-state index in [-0.39, 0.29) is 31.8 Å². The van der Waals surface area contributed by atoms with Gasteiger partial charge in [0.2, 0.25) is 10.0 Å². The van der Waals surface area contributed by atoms with E-state index >= 15 is 0 Å². The van der Waals surface area contributed by atoms with E-state index in [2.05, 4.69) is 4.72 Å². The first-order valence-electron chi connectivity index (χ1n) is 11.8. The number of aliphatic hydroxyl groups excluding tert-OH is 1. The highest BCUT2D eigenvalue weighted by Crippen LogP contribution is 2.38. The van der Waals surface area contributed by atoms with Crippen LogP contribution in [0.2, 0.25) is 5.02 Å². The SMILES string of the molecule is O=C1N(CCS(=O)(=O)NCCO)C[C@H](c2cccc(C(F)(F)F)c2)N1c1ccc(Oc2ccc(Cl)cc2)cc1. The average molecular weight is 584 g/mol. The van der Waals surface area contributed by atoms with E-state index in [0.29, 0.717) is 22.2 Å². The smallest absolute Gasteiger partial charge is 0.416 e. The molecule has 0 saturated carbocycles. The van der Waals surface area contributed by atoms with Crippen molar-refractivity contribution in [1.29, 1.82) is 0 Å². The number of sulfonamides is 1. The first-order chi connectivity index (χ1) is 18.5. The Morgan fingerprint density at radius 3 is 2.28 bits per heavy atom. The number of urea groups is 1. The first-order valence-corrected chi connectivity index (χ1v) is 13.9. The van der Waals surface area contributed by atoms with Crippen molar-refractivity contribution in [2.24, 2.45) is 0 Å². The Balaban J connectivity index is 1.61. The molecule has 13 heteroatoms. The second kappa shape index (κ2) is 11.8. The molecule has 1 heterocycles. The van der Waals surface area contributed by atoms with Gasteiger partial charge in [-0.05, 0) is 66.2 Å². The number of benzene rings is 3. The summed E-state index contributed by atoms with van der Waals surface area (Å²) in [7, 11) is -3.78. The summed E-state index contributed by atoms with van der Waals surface area (Å²) in [6.07, 6.45) is -4.57. The molecule has 0 aliphatic carbocycles. The lowest BCUT2D eigenvalue weighted by atomic mass is 10.0. The number of amides is 2. The number of hydrogen-bond donors (Lipinski definition) is 2. The molecule has 1 fully saturated rings. The van der Waals surface area contributed by atoms with Gasteiger partial charge in [-0.2, -0.15) is 13.2 Å². The van der Waals surface area contributed by atoms with Gasteiger partial charge >= 0.3 is 12.2 Å². The molecule has 4 rings (SSSR count). The van der Waals surface area contributed by atoms with Crippen LogP contribution in [-0.2, 0) is 16.2 Å². The minimum atomic E-state index is -4.57. The minimum absolute atomic E-state index is 0.0291. The maximum atomic E-state index is 13.4. The third-order valence-electron chi connectivity index (χ3n) is 6.01. The molecule has 0 spiro atoms. The zero-order valence-corrected chi connectivity index (χ0v) is 22.0. The zero-order valence-electron chi connectivity index (χ0n) is 20.4. The summed E-state index contributed by atoms with van der Waals surface area (Å²) in [4.78, 5) is 16.1. The van der Waals surface area contributed by atoms with Crippen LogP contribution in [0, 0.1) is 0 Å². The molecule has 0 radical (unpaired) electrons. The van der Waals surface area contributed by atoms with Gasteiger partial charge in [0, 0.05) is 30.3 Å². The summed E-state index contributed by atoms with van der Waals surface area (Å²) in [6, 6.07) is 16.5. The molecule has 1 atom stereocenters. The number of halogens is 4. The summed E-state index contributed by atoms with van der Waals surface area (Å²) in [6.45, 7) is -0.771. The van der Waals surface area contributed by atoms with E-state index in [9.17, 15) is 26.4 Å². The monoisotopic (exact) mass is 583 g/mol. The Morgan fingerprint density at radius 1 is 1.03 bits per heavy atom. The van der Waals surface area contributed by atoms with Crippen LogP contribution in [0.5, 0.6) is 11.5 Å². The quantitative estimate of drug-likeness (QED) is 0.348. The van der Waals surface area contributed by atoms with Gasteiger partial charge in [0.15, 0.2) is 0 Å². The average Bonchev–Trinajstić information content (AvgIpc) is 3.24. The second-order valence-electron chi connectivity index (χ2n) is 8.72. The molecule has 0 unspecified atom stereocenters. The number of nitrogens with zero attached hydrogens (tertiary/aromatic N) is 2. The Hall–Kier alpha value is -3.32. The van der Waals surface area contributed by atoms with Crippen molar-refractivity contribution in [3.63, 3.8) is 0 Å². The molecule has 3 aromatic carbocycles. The number of ether oxygens (including phenoxy) is 1. The van der Waals surface area contributed by atoms with E-state index in [1.54, 1.807) is 48.5 Å². The van der Waals surface area contributed by atoms with Gasteiger partial charge in [0.25, 0.3) is 0 Å². The molecule has 8 nitrogen and oxygen atoms in total. The van der Waals surface area contributed by atoms with Crippen molar-refractivity contribution in [3.05, 3.63) is 88.9 Å². The normalized spacial score (nSPS) is 16.1. The van der Waals surface area contributed by atoms with Gasteiger partial charge in [-0.1, -0.05) is 23.7 Å². The van der Waals surface area contributed by atoms with E-state index in [4.69, 9.17) is 21.4 Å². The molecule has 1 aliphatic rings. The molecular formula is C26H25ClF3N3O5S. The fourth-order valence-electron chi connectivity index (χ4n) is 4.13. The summed E-state index contributed by atoms with van der Waals surface area (Å²) < 4.78 is 72.7. The molecule has 3 aromatic rings. The molecule has 39 heavy (non-hydrogen) atoms. The third kappa shape index (κ3) is 7.21. The van der Waals surface area contributed by atoms with Crippen LogP contribution in [0.4, 0.5) is 23.7 Å². The van der Waals surface area contributed by atoms with Crippen molar-refractivity contribution in [2.45, 2.75) is 12.2 Å². The van der Waals surface area contributed by atoms with Crippen molar-refractivity contribution in [2.75, 3.05) is 36.9 Å². The van der Waals surface area contributed by atoms with Crippen molar-refractivity contribution >= 4 is 33.3 Å². The number of rotatable bonds is 10. The Labute approximate surface area is 228 Å². The van der Waals surface area contributed by atoms with Crippen molar-refractivity contribution < 1.29 is 36.2 Å². The Kier molecular flexibility index (Phi) is 8.70. The van der Waals surface area contributed by atoms with E-state index < -0.39 is 39.6 Å². The van der Waals surface area contributed by atoms with E-state index in [0.717, 1.165) is 12.1 Å². The molecule has 1 saturated heterocycles. The largest absolute Gasteiger partial charge is 0.457 e. The van der Waals surface area contributed by atoms with Crippen LogP contribution >= 0.6 is 11.6 Å². The highest BCUT2D eigenvalue weighted by molar-refractivity contribution is 7.89. The lowest BCUT2D eigenvalue weighted by molar-refractivity contribution is -0.137. The van der Waals surface area contributed by atoms with Crippen LogP contribution in [0.3, 0.4) is 0 Å². The molecule has 0 bridgehead atoms. The van der Waals surface area contributed by atoms with Gasteiger partial charge in [-0.15, -0.1) is 0 Å². The number of alkyl halides is 3. The molecule has 2 N–H and O–H groups in total. The number of anilines is 1. The predicted octanol–water partition coefficient (Wildman–Crippen LogP) is 5.05. The van der Waals surface area contributed by atoms with Gasteiger partial charge in [-0.25, -0.2) is 17.9 Å². The van der Waals surface area contributed by atoms with Crippen LogP contribution < -0.4 is 14.4 Å². The van der Waals surface area contributed by atoms with Crippen molar-refractivity contribution in [3.8, 4) is 11.5 Å². The maximum absolute atomic E-state index is 13.4. The first kappa shape index (κ1) is 28.7. The minimum Gasteiger partial charge on any atom is -0.457 e. The summed E-state index contributed by atoms with van der Waals surface area (Å²) in [5.41, 5.74) is -0.202. The lowest BCUT2D eigenvalue weighted by Gasteiger charge is -2.24. The summed E-state index contributed by atoms with van der Waals surface area (Å²) in [5.74, 6) is 0.560. The Bertz CT molecular complexity index is 1400. The lowest BCUT2D eigenvalue weighted by Crippen LogP contribution is -2.38. The molecule has 208 valence electrons. The standard InChI is InChI=1S/C26H25ClF3N3O5S/c27-20-4-8-22(9-5-20)38-23-10-6-21(7-11-23)33-24(18-2-1-3-19(16-18)26(28,29)30)17-32(25(33)35)13-15-39(36,37)31-12-14-34/h1-11,16,24,31,34H,12-15,17H2/t24-/m1/s1. The summed E-state index contributed by atoms with van der Waals surface area (Å²) in [5, 5.41) is 9.42.